The fourth-order valence-corrected chi connectivity index (χ4v) is 2.29. The first-order valence-corrected chi connectivity index (χ1v) is 6.94. The first kappa shape index (κ1) is 14.3. The van der Waals surface area contributed by atoms with Gasteiger partial charge in [0.25, 0.3) is 0 Å². The van der Waals surface area contributed by atoms with E-state index in [0.29, 0.717) is 13.1 Å². The Morgan fingerprint density at radius 2 is 2.11 bits per heavy atom. The van der Waals surface area contributed by atoms with Crippen LogP contribution >= 0.6 is 11.6 Å². The molecule has 2 atom stereocenters. The third-order valence-corrected chi connectivity index (χ3v) is 3.54. The van der Waals surface area contributed by atoms with Gasteiger partial charge in [0.2, 0.25) is 5.91 Å². The number of benzene rings is 1. The molecule has 1 aromatic carbocycles. The Kier molecular flexibility index (Phi) is 5.19. The van der Waals surface area contributed by atoms with E-state index in [1.807, 2.05) is 24.3 Å². The number of nitrogens with two attached hydrogens (primary N) is 1. The van der Waals surface area contributed by atoms with Crippen molar-refractivity contribution >= 4 is 17.5 Å². The Hall–Kier alpha value is -1.10. The van der Waals surface area contributed by atoms with Gasteiger partial charge >= 0.3 is 0 Å². The fourth-order valence-electron chi connectivity index (χ4n) is 2.17. The van der Waals surface area contributed by atoms with Crippen molar-refractivity contribution in [2.45, 2.75) is 31.5 Å². The van der Waals surface area contributed by atoms with E-state index in [-0.39, 0.29) is 18.1 Å². The lowest BCUT2D eigenvalue weighted by atomic mass is 10.1. The van der Waals surface area contributed by atoms with Crippen molar-refractivity contribution in [2.75, 3.05) is 13.1 Å². The largest absolute Gasteiger partial charge is 0.364 e. The van der Waals surface area contributed by atoms with Crippen molar-refractivity contribution in [3.63, 3.8) is 0 Å². The lowest BCUT2D eigenvalue weighted by molar-refractivity contribution is -0.131. The van der Waals surface area contributed by atoms with Crippen LogP contribution in [0.1, 0.15) is 18.4 Å². The normalized spacial score (nSPS) is 22.4. The van der Waals surface area contributed by atoms with Crippen LogP contribution in [-0.4, -0.2) is 31.2 Å². The quantitative estimate of drug-likeness (QED) is 0.860. The molecule has 1 heterocycles. The summed E-state index contributed by atoms with van der Waals surface area (Å²) in [6.07, 6.45) is 2.11. The number of amides is 1. The number of nitrogens with one attached hydrogen (secondary N) is 1. The zero-order chi connectivity index (χ0) is 13.7. The standard InChI is InChI=1S/C14H19ClN2O2/c15-11-3-1-10(2-4-11)7-8-17-14(18)13-6-5-12(9-16)19-13/h1-4,12-13H,5-9,16H2,(H,17,18). The summed E-state index contributed by atoms with van der Waals surface area (Å²) in [4.78, 5) is 11.9. The Morgan fingerprint density at radius 3 is 2.74 bits per heavy atom. The number of hydrogen-bond donors (Lipinski definition) is 2. The van der Waals surface area contributed by atoms with Crippen LogP contribution in [0.25, 0.3) is 0 Å². The molecule has 0 radical (unpaired) electrons. The summed E-state index contributed by atoms with van der Waals surface area (Å²) >= 11 is 5.81. The molecule has 5 heteroatoms. The third-order valence-electron chi connectivity index (χ3n) is 3.29. The van der Waals surface area contributed by atoms with Crippen molar-refractivity contribution in [3.05, 3.63) is 34.9 Å². The highest BCUT2D eigenvalue weighted by molar-refractivity contribution is 6.30. The number of rotatable bonds is 5. The molecule has 1 amide bonds. The molecule has 0 spiro atoms. The van der Waals surface area contributed by atoms with Crippen molar-refractivity contribution in [3.8, 4) is 0 Å². The maximum Gasteiger partial charge on any atom is 0.249 e. The van der Waals surface area contributed by atoms with Gasteiger partial charge < -0.3 is 15.8 Å². The van der Waals surface area contributed by atoms with Crippen LogP contribution in [0.15, 0.2) is 24.3 Å². The van der Waals surface area contributed by atoms with Gasteiger partial charge in [0.15, 0.2) is 0 Å². The molecule has 2 rings (SSSR count). The Balaban J connectivity index is 1.71. The van der Waals surface area contributed by atoms with Gasteiger partial charge in [-0.3, -0.25) is 4.79 Å². The molecule has 2 unspecified atom stereocenters. The van der Waals surface area contributed by atoms with Gasteiger partial charge in [-0.2, -0.15) is 0 Å². The van der Waals surface area contributed by atoms with E-state index in [1.165, 1.54) is 0 Å². The molecule has 3 N–H and O–H groups in total. The lowest BCUT2D eigenvalue weighted by Crippen LogP contribution is -2.36. The van der Waals surface area contributed by atoms with E-state index in [1.54, 1.807) is 0 Å². The predicted octanol–water partition coefficient (Wildman–Crippen LogP) is 1.50. The average Bonchev–Trinajstić information content (AvgIpc) is 2.90. The van der Waals surface area contributed by atoms with E-state index in [4.69, 9.17) is 22.1 Å². The van der Waals surface area contributed by atoms with Crippen molar-refractivity contribution in [1.82, 2.24) is 5.32 Å². The fraction of sp³-hybridized carbons (Fsp3) is 0.500. The topological polar surface area (TPSA) is 64.4 Å². The molecule has 0 saturated carbocycles. The van der Waals surface area contributed by atoms with Crippen LogP contribution in [0.5, 0.6) is 0 Å². The second kappa shape index (κ2) is 6.89. The molecule has 0 aromatic heterocycles. The summed E-state index contributed by atoms with van der Waals surface area (Å²) < 4.78 is 5.54. The second-order valence-electron chi connectivity index (χ2n) is 4.73. The van der Waals surface area contributed by atoms with Crippen LogP contribution in [0.2, 0.25) is 5.02 Å². The number of carbonyl (C=O) groups excluding carboxylic acids is 1. The van der Waals surface area contributed by atoms with E-state index in [2.05, 4.69) is 5.32 Å². The van der Waals surface area contributed by atoms with Crippen LogP contribution in [0.4, 0.5) is 0 Å². The summed E-state index contributed by atoms with van der Waals surface area (Å²) in [5.74, 6) is -0.0371. The minimum Gasteiger partial charge on any atom is -0.364 e. The SMILES string of the molecule is NCC1CCC(C(=O)NCCc2ccc(Cl)cc2)O1. The molecule has 1 fully saturated rings. The molecular formula is C14H19ClN2O2. The molecule has 1 saturated heterocycles. The zero-order valence-electron chi connectivity index (χ0n) is 10.8. The molecule has 1 aromatic rings. The van der Waals surface area contributed by atoms with Crippen molar-refractivity contribution in [2.24, 2.45) is 5.73 Å². The maximum absolute atomic E-state index is 11.9. The van der Waals surface area contributed by atoms with Crippen LogP contribution < -0.4 is 11.1 Å². The van der Waals surface area contributed by atoms with Crippen LogP contribution in [0, 0.1) is 0 Å². The molecule has 104 valence electrons. The van der Waals surface area contributed by atoms with Gasteiger partial charge in [-0.15, -0.1) is 0 Å². The number of halogens is 1. The van der Waals surface area contributed by atoms with Crippen LogP contribution in [-0.2, 0) is 16.0 Å². The predicted molar refractivity (Wildman–Crippen MR) is 75.1 cm³/mol. The van der Waals surface area contributed by atoms with Gasteiger partial charge in [-0.05, 0) is 37.0 Å². The minimum atomic E-state index is -0.334. The van der Waals surface area contributed by atoms with E-state index < -0.39 is 0 Å². The smallest absolute Gasteiger partial charge is 0.249 e. The van der Waals surface area contributed by atoms with Gasteiger partial charge in [0.05, 0.1) is 6.10 Å². The highest BCUT2D eigenvalue weighted by Crippen LogP contribution is 2.18. The lowest BCUT2D eigenvalue weighted by Gasteiger charge is -2.12. The number of ether oxygens (including phenoxy) is 1. The van der Waals surface area contributed by atoms with Gasteiger partial charge in [0.1, 0.15) is 6.10 Å². The first-order chi connectivity index (χ1) is 9.19. The summed E-state index contributed by atoms with van der Waals surface area (Å²) in [5.41, 5.74) is 6.67. The summed E-state index contributed by atoms with van der Waals surface area (Å²) in [6.45, 7) is 1.09. The average molecular weight is 283 g/mol. The van der Waals surface area contributed by atoms with Crippen LogP contribution in [0.3, 0.4) is 0 Å². The molecule has 0 aliphatic carbocycles. The molecular weight excluding hydrogens is 264 g/mol. The molecule has 0 bridgehead atoms. The number of hydrogen-bond acceptors (Lipinski definition) is 3. The van der Waals surface area contributed by atoms with Gasteiger partial charge in [-0.25, -0.2) is 0 Å². The highest BCUT2D eigenvalue weighted by atomic mass is 35.5. The number of carbonyl (C=O) groups is 1. The van der Waals surface area contributed by atoms with E-state index >= 15 is 0 Å². The Morgan fingerprint density at radius 1 is 1.37 bits per heavy atom. The zero-order valence-corrected chi connectivity index (χ0v) is 11.5. The van der Waals surface area contributed by atoms with Crippen molar-refractivity contribution < 1.29 is 9.53 Å². The molecule has 1 aliphatic rings. The summed E-state index contributed by atoms with van der Waals surface area (Å²) in [7, 11) is 0. The summed E-state index contributed by atoms with van der Waals surface area (Å²) in [5, 5.41) is 3.62. The second-order valence-corrected chi connectivity index (χ2v) is 5.16. The van der Waals surface area contributed by atoms with E-state index in [0.717, 1.165) is 29.8 Å². The van der Waals surface area contributed by atoms with E-state index in [9.17, 15) is 4.79 Å². The van der Waals surface area contributed by atoms with Gasteiger partial charge in [0, 0.05) is 18.1 Å². The van der Waals surface area contributed by atoms with Crippen molar-refractivity contribution in [1.29, 1.82) is 0 Å². The third kappa shape index (κ3) is 4.20. The highest BCUT2D eigenvalue weighted by Gasteiger charge is 2.29. The minimum absolute atomic E-state index is 0.0343. The Bertz CT molecular complexity index is 422. The molecule has 1 aliphatic heterocycles. The molecule has 4 nitrogen and oxygen atoms in total. The maximum atomic E-state index is 11.9. The molecule has 19 heavy (non-hydrogen) atoms. The summed E-state index contributed by atoms with van der Waals surface area (Å²) in [6, 6.07) is 7.63. The van der Waals surface area contributed by atoms with Gasteiger partial charge in [-0.1, -0.05) is 23.7 Å². The first-order valence-electron chi connectivity index (χ1n) is 6.56. The Labute approximate surface area is 118 Å². The monoisotopic (exact) mass is 282 g/mol.